The number of pyridine rings is 2. The molecule has 0 saturated heterocycles. The van der Waals surface area contributed by atoms with Crippen LogP contribution in [-0.2, 0) is 0 Å². The maximum atomic E-state index is 12.6. The number of carbonyl (C=O) groups excluding carboxylic acids is 1. The molecule has 1 amide bonds. The zero-order valence-corrected chi connectivity index (χ0v) is 13.5. The van der Waals surface area contributed by atoms with Gasteiger partial charge in [-0.05, 0) is 36.8 Å². The molecule has 0 spiro atoms. The number of hydrogen-bond donors (Lipinski definition) is 1. The Hall–Kier alpha value is -3.06. The Bertz CT molecular complexity index is 1130. The van der Waals surface area contributed by atoms with Gasteiger partial charge in [0.1, 0.15) is 10.5 Å². The van der Waals surface area contributed by atoms with Gasteiger partial charge in [-0.1, -0.05) is 6.07 Å². The number of aromatic nitrogens is 3. The molecule has 24 heavy (non-hydrogen) atoms. The highest BCUT2D eigenvalue weighted by atomic mass is 32.1. The van der Waals surface area contributed by atoms with E-state index in [0.717, 1.165) is 5.56 Å². The number of nitrogens with one attached hydrogen (secondary N) is 1. The van der Waals surface area contributed by atoms with Crippen molar-refractivity contribution in [3.63, 3.8) is 0 Å². The van der Waals surface area contributed by atoms with Crippen LogP contribution < -0.4 is 10.9 Å². The summed E-state index contributed by atoms with van der Waals surface area (Å²) in [6, 6.07) is 8.79. The standard InChI is InChI=1S/C17H12N4O2S/c1-10-4-3-7-21-14(10)20-16-12(17(21)23)8-13(24-16)15(22)19-11-5-2-6-18-9-11/h2-9H,1H3,(H,19,22). The van der Waals surface area contributed by atoms with E-state index in [1.54, 1.807) is 42.9 Å². The summed E-state index contributed by atoms with van der Waals surface area (Å²) in [4.78, 5) is 34.5. The maximum Gasteiger partial charge on any atom is 0.266 e. The number of rotatable bonds is 2. The molecular formula is C17H12N4O2S. The van der Waals surface area contributed by atoms with Gasteiger partial charge in [0, 0.05) is 12.4 Å². The summed E-state index contributed by atoms with van der Waals surface area (Å²) in [5.74, 6) is -0.281. The van der Waals surface area contributed by atoms with E-state index >= 15 is 0 Å². The Morgan fingerprint density at radius 3 is 2.96 bits per heavy atom. The van der Waals surface area contributed by atoms with Crippen LogP contribution in [0.1, 0.15) is 15.2 Å². The number of aryl methyl sites for hydroxylation is 1. The first kappa shape index (κ1) is 14.5. The van der Waals surface area contributed by atoms with Gasteiger partial charge in [-0.25, -0.2) is 4.98 Å². The number of hydrogen-bond acceptors (Lipinski definition) is 5. The van der Waals surface area contributed by atoms with Crippen LogP contribution in [0, 0.1) is 6.92 Å². The first-order valence-electron chi connectivity index (χ1n) is 7.26. The average molecular weight is 336 g/mol. The molecule has 0 fully saturated rings. The lowest BCUT2D eigenvalue weighted by Gasteiger charge is -2.02. The fraction of sp³-hybridized carbons (Fsp3) is 0.0588. The summed E-state index contributed by atoms with van der Waals surface area (Å²) < 4.78 is 1.51. The van der Waals surface area contributed by atoms with Gasteiger partial charge >= 0.3 is 0 Å². The highest BCUT2D eigenvalue weighted by Gasteiger charge is 2.15. The molecule has 4 aromatic heterocycles. The minimum atomic E-state index is -0.281. The third-order valence-corrected chi connectivity index (χ3v) is 4.70. The summed E-state index contributed by atoms with van der Waals surface area (Å²) in [5, 5.41) is 3.21. The van der Waals surface area contributed by atoms with Crippen LogP contribution in [-0.4, -0.2) is 20.3 Å². The number of carbonyl (C=O) groups is 1. The lowest BCUT2D eigenvalue weighted by molar-refractivity contribution is 0.103. The van der Waals surface area contributed by atoms with Crippen molar-refractivity contribution in [3.8, 4) is 0 Å². The van der Waals surface area contributed by atoms with Crippen LogP contribution in [0.25, 0.3) is 15.9 Å². The second kappa shape index (κ2) is 5.54. The van der Waals surface area contributed by atoms with Gasteiger partial charge in [-0.15, -0.1) is 11.3 Å². The second-order valence-corrected chi connectivity index (χ2v) is 6.36. The Labute approximate surface area is 140 Å². The van der Waals surface area contributed by atoms with Gasteiger partial charge in [0.2, 0.25) is 0 Å². The van der Waals surface area contributed by atoms with Crippen molar-refractivity contribution in [2.45, 2.75) is 6.92 Å². The van der Waals surface area contributed by atoms with Crippen molar-refractivity contribution in [1.29, 1.82) is 0 Å². The topological polar surface area (TPSA) is 76.4 Å². The molecule has 0 aliphatic rings. The Morgan fingerprint density at radius 2 is 2.17 bits per heavy atom. The largest absolute Gasteiger partial charge is 0.320 e. The minimum absolute atomic E-state index is 0.171. The van der Waals surface area contributed by atoms with E-state index in [-0.39, 0.29) is 11.5 Å². The van der Waals surface area contributed by atoms with Crippen molar-refractivity contribution < 1.29 is 4.79 Å². The lowest BCUT2D eigenvalue weighted by atomic mass is 10.3. The molecule has 4 rings (SSSR count). The molecule has 0 unspecified atom stereocenters. The summed E-state index contributed by atoms with van der Waals surface area (Å²) in [7, 11) is 0. The quantitative estimate of drug-likeness (QED) is 0.611. The van der Waals surface area contributed by atoms with Gasteiger partial charge < -0.3 is 5.32 Å². The first-order chi connectivity index (χ1) is 11.6. The van der Waals surface area contributed by atoms with E-state index in [1.165, 1.54) is 15.7 Å². The molecule has 1 N–H and O–H groups in total. The van der Waals surface area contributed by atoms with E-state index in [0.29, 0.717) is 26.4 Å². The molecule has 0 radical (unpaired) electrons. The number of anilines is 1. The highest BCUT2D eigenvalue weighted by molar-refractivity contribution is 7.20. The molecule has 4 aromatic rings. The maximum absolute atomic E-state index is 12.6. The van der Waals surface area contributed by atoms with Crippen LogP contribution in [0.5, 0.6) is 0 Å². The number of nitrogens with zero attached hydrogens (tertiary/aromatic N) is 3. The van der Waals surface area contributed by atoms with Crippen LogP contribution in [0.4, 0.5) is 5.69 Å². The van der Waals surface area contributed by atoms with Crippen molar-refractivity contribution in [2.24, 2.45) is 0 Å². The van der Waals surface area contributed by atoms with Gasteiger partial charge in [0.15, 0.2) is 0 Å². The monoisotopic (exact) mass is 336 g/mol. The molecule has 0 aliphatic carbocycles. The summed E-state index contributed by atoms with van der Waals surface area (Å²) in [6.45, 7) is 1.90. The number of fused-ring (bicyclic) bond motifs is 2. The van der Waals surface area contributed by atoms with Gasteiger partial charge in [0.05, 0.1) is 22.1 Å². The molecule has 4 heterocycles. The highest BCUT2D eigenvalue weighted by Crippen LogP contribution is 2.23. The molecule has 0 bridgehead atoms. The molecule has 0 atom stereocenters. The third kappa shape index (κ3) is 2.35. The molecule has 0 saturated carbocycles. The molecule has 0 aliphatic heterocycles. The fourth-order valence-corrected chi connectivity index (χ4v) is 3.42. The zero-order chi connectivity index (χ0) is 16.7. The van der Waals surface area contributed by atoms with Crippen molar-refractivity contribution in [2.75, 3.05) is 5.32 Å². The fourth-order valence-electron chi connectivity index (χ4n) is 2.50. The van der Waals surface area contributed by atoms with E-state index in [9.17, 15) is 9.59 Å². The van der Waals surface area contributed by atoms with Crippen molar-refractivity contribution >= 4 is 38.8 Å². The van der Waals surface area contributed by atoms with Gasteiger partial charge in [0.25, 0.3) is 11.5 Å². The summed E-state index contributed by atoms with van der Waals surface area (Å²) in [6.07, 6.45) is 4.88. The van der Waals surface area contributed by atoms with E-state index in [2.05, 4.69) is 15.3 Å². The van der Waals surface area contributed by atoms with Crippen molar-refractivity contribution in [3.05, 3.63) is 69.7 Å². The first-order valence-corrected chi connectivity index (χ1v) is 8.08. The predicted octanol–water partition coefficient (Wildman–Crippen LogP) is 2.86. The summed E-state index contributed by atoms with van der Waals surface area (Å²) >= 11 is 1.21. The lowest BCUT2D eigenvalue weighted by Crippen LogP contribution is -2.14. The molecule has 0 aromatic carbocycles. The SMILES string of the molecule is Cc1cccn2c(=O)c3cc(C(=O)Nc4cccnc4)sc3nc12. The Balaban J connectivity index is 1.82. The summed E-state index contributed by atoms with van der Waals surface area (Å²) in [5.41, 5.74) is 1.95. The molecule has 118 valence electrons. The van der Waals surface area contributed by atoms with Crippen LogP contribution in [0.2, 0.25) is 0 Å². The Kier molecular flexibility index (Phi) is 3.35. The Morgan fingerprint density at radius 1 is 1.29 bits per heavy atom. The average Bonchev–Trinajstić information content (AvgIpc) is 3.02. The van der Waals surface area contributed by atoms with E-state index in [1.807, 2.05) is 13.0 Å². The second-order valence-electron chi connectivity index (χ2n) is 5.33. The predicted molar refractivity (Wildman–Crippen MR) is 93.8 cm³/mol. The molecule has 6 nitrogen and oxygen atoms in total. The van der Waals surface area contributed by atoms with Gasteiger partial charge in [-0.3, -0.25) is 19.0 Å². The van der Waals surface area contributed by atoms with Crippen LogP contribution >= 0.6 is 11.3 Å². The normalized spacial score (nSPS) is 11.0. The van der Waals surface area contributed by atoms with Crippen LogP contribution in [0.15, 0.2) is 53.7 Å². The molecule has 7 heteroatoms. The van der Waals surface area contributed by atoms with Crippen molar-refractivity contribution in [1.82, 2.24) is 14.4 Å². The number of amides is 1. The van der Waals surface area contributed by atoms with Gasteiger partial charge in [-0.2, -0.15) is 0 Å². The molecular weight excluding hydrogens is 324 g/mol. The van der Waals surface area contributed by atoms with E-state index in [4.69, 9.17) is 0 Å². The third-order valence-electron chi connectivity index (χ3n) is 3.67. The minimum Gasteiger partial charge on any atom is -0.320 e. The van der Waals surface area contributed by atoms with Crippen LogP contribution in [0.3, 0.4) is 0 Å². The number of thiophene rings is 1. The smallest absolute Gasteiger partial charge is 0.266 e. The zero-order valence-electron chi connectivity index (χ0n) is 12.7. The van der Waals surface area contributed by atoms with E-state index < -0.39 is 0 Å².